The van der Waals surface area contributed by atoms with Crippen LogP contribution in [0.5, 0.6) is 11.5 Å². The SMILES string of the molecule is C=C/C=C(/c1cc(C)nc2c(OCc3c(Cl)cncc3OCC(=O)N3CCN(C)CC3)cccc12)N(C)C. The summed E-state index contributed by atoms with van der Waals surface area (Å²) >= 11 is 6.49. The fourth-order valence-corrected chi connectivity index (χ4v) is 4.62. The molecule has 0 atom stereocenters. The maximum atomic E-state index is 12.7. The molecule has 200 valence electrons. The zero-order valence-electron chi connectivity index (χ0n) is 22.4. The Kier molecular flexibility index (Phi) is 8.86. The van der Waals surface area contributed by atoms with Crippen molar-refractivity contribution in [2.45, 2.75) is 13.5 Å². The van der Waals surface area contributed by atoms with Crippen LogP contribution in [-0.2, 0) is 11.4 Å². The molecular weight excluding hydrogens is 502 g/mol. The van der Waals surface area contributed by atoms with Crippen LogP contribution in [0.2, 0.25) is 5.02 Å². The van der Waals surface area contributed by atoms with Gasteiger partial charge in [-0.2, -0.15) is 0 Å². The van der Waals surface area contributed by atoms with Crippen LogP contribution in [0.3, 0.4) is 0 Å². The van der Waals surface area contributed by atoms with Gasteiger partial charge in [0.05, 0.1) is 16.8 Å². The highest BCUT2D eigenvalue weighted by Crippen LogP contribution is 2.33. The number of benzene rings is 1. The van der Waals surface area contributed by atoms with E-state index in [4.69, 9.17) is 26.1 Å². The number of amides is 1. The molecule has 1 amide bonds. The maximum Gasteiger partial charge on any atom is 0.260 e. The molecule has 0 bridgehead atoms. The van der Waals surface area contributed by atoms with Crippen LogP contribution >= 0.6 is 11.6 Å². The van der Waals surface area contributed by atoms with Crippen molar-refractivity contribution in [1.82, 2.24) is 24.7 Å². The minimum atomic E-state index is -0.0833. The Morgan fingerprint density at radius 1 is 1.16 bits per heavy atom. The monoisotopic (exact) mass is 535 g/mol. The van der Waals surface area contributed by atoms with E-state index in [1.165, 1.54) is 0 Å². The molecule has 0 spiro atoms. The number of hydrogen-bond acceptors (Lipinski definition) is 7. The van der Waals surface area contributed by atoms with E-state index in [9.17, 15) is 4.79 Å². The Morgan fingerprint density at radius 2 is 1.92 bits per heavy atom. The van der Waals surface area contributed by atoms with Gasteiger partial charge < -0.3 is 24.2 Å². The summed E-state index contributed by atoms with van der Waals surface area (Å²) in [5.41, 5.74) is 4.30. The summed E-state index contributed by atoms with van der Waals surface area (Å²) in [6.45, 7) is 8.96. The lowest BCUT2D eigenvalue weighted by atomic mass is 10.0. The highest BCUT2D eigenvalue weighted by Gasteiger charge is 2.21. The predicted molar refractivity (Wildman–Crippen MR) is 151 cm³/mol. The van der Waals surface area contributed by atoms with Crippen LogP contribution in [0.1, 0.15) is 16.8 Å². The van der Waals surface area contributed by atoms with E-state index in [2.05, 4.69) is 29.6 Å². The van der Waals surface area contributed by atoms with Crippen LogP contribution < -0.4 is 9.47 Å². The summed E-state index contributed by atoms with van der Waals surface area (Å²) < 4.78 is 12.2. The summed E-state index contributed by atoms with van der Waals surface area (Å²) in [4.78, 5) is 27.7. The first-order valence-electron chi connectivity index (χ1n) is 12.5. The van der Waals surface area contributed by atoms with Crippen LogP contribution in [0.4, 0.5) is 0 Å². The van der Waals surface area contributed by atoms with E-state index in [1.807, 2.05) is 55.1 Å². The van der Waals surface area contributed by atoms with Crippen molar-refractivity contribution < 1.29 is 14.3 Å². The molecule has 3 aromatic rings. The van der Waals surface area contributed by atoms with E-state index in [0.29, 0.717) is 35.2 Å². The molecule has 38 heavy (non-hydrogen) atoms. The standard InChI is InChI=1S/C29H34ClN5O3/c1-6-8-25(33(3)4)22-15-20(2)32-29-21(22)9-7-10-26(29)37-18-23-24(30)16-31-17-27(23)38-19-28(36)35-13-11-34(5)12-14-35/h6-10,15-17H,1,11-14,18-19H2,2-5H3/b25-8-. The lowest BCUT2D eigenvalue weighted by molar-refractivity contribution is -0.134. The third kappa shape index (κ3) is 6.26. The molecule has 2 aromatic heterocycles. The Hall–Kier alpha value is -3.62. The Morgan fingerprint density at radius 3 is 2.63 bits per heavy atom. The van der Waals surface area contributed by atoms with E-state index in [-0.39, 0.29) is 19.1 Å². The number of carbonyl (C=O) groups excluding carboxylic acids is 1. The van der Waals surface area contributed by atoms with Crippen molar-refractivity contribution in [3.8, 4) is 11.5 Å². The van der Waals surface area contributed by atoms with E-state index < -0.39 is 0 Å². The molecule has 1 aliphatic heterocycles. The fraction of sp³-hybridized carbons (Fsp3) is 0.345. The van der Waals surface area contributed by atoms with Gasteiger partial charge in [0, 0.05) is 68.8 Å². The molecule has 1 fully saturated rings. The van der Waals surface area contributed by atoms with Gasteiger partial charge in [0.2, 0.25) is 0 Å². The van der Waals surface area contributed by atoms with Gasteiger partial charge in [-0.1, -0.05) is 36.4 Å². The number of aromatic nitrogens is 2. The molecule has 1 aliphatic rings. The van der Waals surface area contributed by atoms with Gasteiger partial charge in [-0.25, -0.2) is 4.98 Å². The average Bonchev–Trinajstić information content (AvgIpc) is 2.89. The van der Waals surface area contributed by atoms with Gasteiger partial charge in [-0.3, -0.25) is 9.78 Å². The number of para-hydroxylation sites is 1. The van der Waals surface area contributed by atoms with Crippen molar-refractivity contribution in [1.29, 1.82) is 0 Å². The normalized spacial score (nSPS) is 14.4. The Bertz CT molecular complexity index is 1350. The number of halogens is 1. The molecule has 8 nitrogen and oxygen atoms in total. The number of fused-ring (bicyclic) bond motifs is 1. The maximum absolute atomic E-state index is 12.7. The van der Waals surface area contributed by atoms with Gasteiger partial charge in [-0.05, 0) is 32.2 Å². The second kappa shape index (κ2) is 12.3. The first-order valence-corrected chi connectivity index (χ1v) is 12.9. The summed E-state index contributed by atoms with van der Waals surface area (Å²) in [6.07, 6.45) is 6.86. The third-order valence-corrected chi connectivity index (χ3v) is 6.83. The molecule has 0 radical (unpaired) electrons. The molecule has 0 aliphatic carbocycles. The molecule has 9 heteroatoms. The number of pyridine rings is 2. The van der Waals surface area contributed by atoms with Crippen molar-refractivity contribution in [3.05, 3.63) is 77.2 Å². The number of carbonyl (C=O) groups is 1. The molecule has 4 rings (SSSR count). The molecule has 0 N–H and O–H groups in total. The minimum absolute atomic E-state index is 0.0597. The van der Waals surface area contributed by atoms with E-state index in [1.54, 1.807) is 18.5 Å². The Balaban J connectivity index is 1.56. The van der Waals surface area contributed by atoms with Gasteiger partial charge in [0.1, 0.15) is 23.6 Å². The summed E-state index contributed by atoms with van der Waals surface area (Å²) in [5, 5.41) is 1.37. The summed E-state index contributed by atoms with van der Waals surface area (Å²) in [5.74, 6) is 0.987. The summed E-state index contributed by atoms with van der Waals surface area (Å²) in [7, 11) is 6.05. The van der Waals surface area contributed by atoms with Crippen molar-refractivity contribution in [2.75, 3.05) is 53.9 Å². The zero-order chi connectivity index (χ0) is 27.2. The minimum Gasteiger partial charge on any atom is -0.486 e. The molecule has 1 saturated heterocycles. The Labute approximate surface area is 229 Å². The van der Waals surface area contributed by atoms with Gasteiger partial charge in [-0.15, -0.1) is 0 Å². The number of aryl methyl sites for hydroxylation is 1. The number of allylic oxidation sites excluding steroid dienone is 2. The fourth-order valence-electron chi connectivity index (χ4n) is 4.41. The van der Waals surface area contributed by atoms with Crippen LogP contribution in [0.25, 0.3) is 16.6 Å². The number of nitrogens with zero attached hydrogens (tertiary/aromatic N) is 5. The van der Waals surface area contributed by atoms with Crippen molar-refractivity contribution in [2.24, 2.45) is 0 Å². The largest absolute Gasteiger partial charge is 0.486 e. The predicted octanol–water partition coefficient (Wildman–Crippen LogP) is 4.41. The van der Waals surface area contributed by atoms with Crippen LogP contribution in [-0.4, -0.2) is 84.5 Å². The summed E-state index contributed by atoms with van der Waals surface area (Å²) in [6, 6.07) is 7.92. The van der Waals surface area contributed by atoms with E-state index in [0.717, 1.165) is 40.9 Å². The first kappa shape index (κ1) is 27.4. The highest BCUT2D eigenvalue weighted by atomic mass is 35.5. The average molecular weight is 536 g/mol. The number of likely N-dealkylation sites (N-methyl/N-ethyl adjacent to an activating group) is 1. The topological polar surface area (TPSA) is 71.0 Å². The van der Waals surface area contributed by atoms with Crippen molar-refractivity contribution >= 4 is 34.1 Å². The first-order chi connectivity index (χ1) is 18.3. The van der Waals surface area contributed by atoms with Gasteiger partial charge >= 0.3 is 0 Å². The van der Waals surface area contributed by atoms with Crippen molar-refractivity contribution in [3.63, 3.8) is 0 Å². The molecule has 0 saturated carbocycles. The molecule has 1 aromatic carbocycles. The number of hydrogen-bond donors (Lipinski definition) is 0. The molecule has 0 unspecified atom stereocenters. The molecular formula is C29H34ClN5O3. The lowest BCUT2D eigenvalue weighted by Crippen LogP contribution is -2.48. The number of ether oxygens (including phenoxy) is 2. The highest BCUT2D eigenvalue weighted by molar-refractivity contribution is 6.31. The van der Waals surface area contributed by atoms with Gasteiger partial charge in [0.25, 0.3) is 5.91 Å². The second-order valence-corrected chi connectivity index (χ2v) is 9.91. The third-order valence-electron chi connectivity index (χ3n) is 6.51. The quantitative estimate of drug-likeness (QED) is 0.376. The van der Waals surface area contributed by atoms with Crippen LogP contribution in [0.15, 0.2) is 55.4 Å². The second-order valence-electron chi connectivity index (χ2n) is 9.50. The zero-order valence-corrected chi connectivity index (χ0v) is 23.2. The number of piperazine rings is 1. The van der Waals surface area contributed by atoms with Crippen LogP contribution in [0, 0.1) is 6.92 Å². The van der Waals surface area contributed by atoms with E-state index >= 15 is 0 Å². The van der Waals surface area contributed by atoms with Gasteiger partial charge in [0.15, 0.2) is 6.61 Å². The number of rotatable bonds is 9. The lowest BCUT2D eigenvalue weighted by Gasteiger charge is -2.32. The molecule has 3 heterocycles. The smallest absolute Gasteiger partial charge is 0.260 e.